The fourth-order valence-corrected chi connectivity index (χ4v) is 1.95. The maximum absolute atomic E-state index is 13.1. The number of Topliss-reactive ketones (excluding diaryl/α,β-unsaturated/α-hetero) is 2. The molecule has 1 aromatic heterocycles. The minimum Gasteiger partial charge on any atom is -0.299 e. The lowest BCUT2D eigenvalue weighted by Crippen LogP contribution is -2.20. The maximum Gasteiger partial charge on any atom is 0.213 e. The number of hydrogen-bond acceptors (Lipinski definition) is 3. The zero-order valence-electron chi connectivity index (χ0n) is 10.6. The van der Waals surface area contributed by atoms with E-state index in [0.29, 0.717) is 0 Å². The maximum atomic E-state index is 13.1. The van der Waals surface area contributed by atoms with Crippen LogP contribution in [0.1, 0.15) is 28.8 Å². The van der Waals surface area contributed by atoms with Crippen LogP contribution in [0.4, 0.5) is 8.78 Å². The molecule has 1 heterocycles. The van der Waals surface area contributed by atoms with Gasteiger partial charge in [0.1, 0.15) is 17.5 Å². The first kappa shape index (κ1) is 14.0. The molecule has 0 amide bonds. The second-order valence-corrected chi connectivity index (χ2v) is 4.33. The van der Waals surface area contributed by atoms with Crippen LogP contribution in [0.15, 0.2) is 42.6 Å². The second kappa shape index (κ2) is 5.69. The van der Waals surface area contributed by atoms with Gasteiger partial charge < -0.3 is 0 Å². The highest BCUT2D eigenvalue weighted by atomic mass is 19.1. The van der Waals surface area contributed by atoms with E-state index in [2.05, 4.69) is 4.98 Å². The zero-order chi connectivity index (χ0) is 14.7. The van der Waals surface area contributed by atoms with Gasteiger partial charge in [-0.2, -0.15) is 4.39 Å². The Bertz CT molecular complexity index is 653. The molecule has 0 fully saturated rings. The van der Waals surface area contributed by atoms with E-state index in [1.807, 2.05) is 0 Å². The van der Waals surface area contributed by atoms with E-state index in [4.69, 9.17) is 0 Å². The van der Waals surface area contributed by atoms with Crippen molar-refractivity contribution in [1.82, 2.24) is 4.98 Å². The molecular weight excluding hydrogens is 264 g/mol. The Morgan fingerprint density at radius 3 is 2.30 bits per heavy atom. The zero-order valence-corrected chi connectivity index (χ0v) is 10.6. The van der Waals surface area contributed by atoms with Crippen molar-refractivity contribution in [3.05, 3.63) is 65.5 Å². The van der Waals surface area contributed by atoms with Crippen LogP contribution in [0.2, 0.25) is 0 Å². The van der Waals surface area contributed by atoms with Crippen molar-refractivity contribution in [2.45, 2.75) is 12.8 Å². The highest BCUT2D eigenvalue weighted by Crippen LogP contribution is 2.22. The van der Waals surface area contributed by atoms with Gasteiger partial charge >= 0.3 is 0 Å². The van der Waals surface area contributed by atoms with Crippen LogP contribution in [-0.2, 0) is 4.79 Å². The van der Waals surface area contributed by atoms with Gasteiger partial charge in [0.15, 0.2) is 5.78 Å². The van der Waals surface area contributed by atoms with Gasteiger partial charge in [-0.3, -0.25) is 9.59 Å². The number of nitrogens with zero attached hydrogens (tertiary/aromatic N) is 1. The Balaban J connectivity index is 2.41. The van der Waals surface area contributed by atoms with Crippen LogP contribution in [0.25, 0.3) is 0 Å². The van der Waals surface area contributed by atoms with Crippen molar-refractivity contribution < 1.29 is 18.4 Å². The molecule has 1 atom stereocenters. The number of benzene rings is 1. The Hall–Kier alpha value is -2.43. The van der Waals surface area contributed by atoms with E-state index in [0.717, 1.165) is 18.2 Å². The minimum absolute atomic E-state index is 0.198. The number of hydrogen-bond donors (Lipinski definition) is 0. The van der Waals surface area contributed by atoms with Crippen LogP contribution in [0.5, 0.6) is 0 Å². The van der Waals surface area contributed by atoms with Crippen LogP contribution in [0, 0.1) is 11.8 Å². The molecule has 102 valence electrons. The van der Waals surface area contributed by atoms with Crippen molar-refractivity contribution in [3.8, 4) is 0 Å². The number of ketones is 2. The quantitative estimate of drug-likeness (QED) is 0.489. The summed E-state index contributed by atoms with van der Waals surface area (Å²) in [6.45, 7) is 1.25. The van der Waals surface area contributed by atoms with Crippen molar-refractivity contribution in [2.24, 2.45) is 0 Å². The van der Waals surface area contributed by atoms with Crippen LogP contribution in [0.3, 0.4) is 0 Å². The lowest BCUT2D eigenvalue weighted by atomic mass is 9.88. The number of carbonyl (C=O) groups is 2. The van der Waals surface area contributed by atoms with E-state index < -0.39 is 29.2 Å². The summed E-state index contributed by atoms with van der Waals surface area (Å²) in [7, 11) is 0. The molecule has 2 aromatic rings. The number of pyridine rings is 1. The van der Waals surface area contributed by atoms with Crippen LogP contribution < -0.4 is 0 Å². The number of carbonyl (C=O) groups excluding carboxylic acids is 2. The normalized spacial score (nSPS) is 11.9. The molecule has 0 spiro atoms. The highest BCUT2D eigenvalue weighted by Gasteiger charge is 2.26. The number of aromatic nitrogens is 1. The summed E-state index contributed by atoms with van der Waals surface area (Å²) in [5, 5.41) is 0. The average Bonchev–Trinajstić information content (AvgIpc) is 2.39. The fraction of sp³-hybridized carbons (Fsp3) is 0.133. The average molecular weight is 275 g/mol. The predicted molar refractivity (Wildman–Crippen MR) is 68.3 cm³/mol. The lowest BCUT2D eigenvalue weighted by Gasteiger charge is -2.13. The van der Waals surface area contributed by atoms with E-state index in [-0.39, 0.29) is 11.1 Å². The van der Waals surface area contributed by atoms with Crippen LogP contribution >= 0.6 is 0 Å². The summed E-state index contributed by atoms with van der Waals surface area (Å²) in [5.41, 5.74) is 0.433. The Labute approximate surface area is 114 Å². The molecule has 1 unspecified atom stereocenters. The van der Waals surface area contributed by atoms with Crippen molar-refractivity contribution in [2.75, 3.05) is 0 Å². The third kappa shape index (κ3) is 2.93. The number of rotatable bonds is 4. The summed E-state index contributed by atoms with van der Waals surface area (Å²) in [6.07, 6.45) is 1.19. The number of halogens is 2. The van der Waals surface area contributed by atoms with Gasteiger partial charge in [0.05, 0.1) is 0 Å². The molecule has 0 N–H and O–H groups in total. The molecule has 0 aliphatic carbocycles. The van der Waals surface area contributed by atoms with Gasteiger partial charge in [0.2, 0.25) is 5.95 Å². The molecule has 5 heteroatoms. The first-order valence-corrected chi connectivity index (χ1v) is 5.90. The standard InChI is InChI=1S/C15H11F2NO2/c1-9(19)14(11-6-7-18-13(17)8-11)15(20)10-2-4-12(16)5-3-10/h2-8,14H,1H3. The molecule has 0 saturated carbocycles. The first-order chi connectivity index (χ1) is 9.49. The second-order valence-electron chi connectivity index (χ2n) is 4.33. The molecule has 1 aromatic carbocycles. The first-order valence-electron chi connectivity index (χ1n) is 5.90. The molecule has 0 aliphatic rings. The smallest absolute Gasteiger partial charge is 0.213 e. The summed E-state index contributed by atoms with van der Waals surface area (Å²) < 4.78 is 26.0. The Kier molecular flexibility index (Phi) is 3.98. The molecule has 0 saturated heterocycles. The van der Waals surface area contributed by atoms with Gasteiger partial charge in [-0.25, -0.2) is 9.37 Å². The van der Waals surface area contributed by atoms with E-state index in [1.54, 1.807) is 0 Å². The van der Waals surface area contributed by atoms with Gasteiger partial charge in [-0.1, -0.05) is 0 Å². The van der Waals surface area contributed by atoms with E-state index >= 15 is 0 Å². The summed E-state index contributed by atoms with van der Waals surface area (Å²) in [4.78, 5) is 27.4. The molecule has 3 nitrogen and oxygen atoms in total. The van der Waals surface area contributed by atoms with E-state index in [9.17, 15) is 18.4 Å². The summed E-state index contributed by atoms with van der Waals surface area (Å²) in [5.74, 6) is -3.26. The summed E-state index contributed by atoms with van der Waals surface area (Å²) >= 11 is 0. The highest BCUT2D eigenvalue weighted by molar-refractivity contribution is 6.14. The lowest BCUT2D eigenvalue weighted by molar-refractivity contribution is -0.117. The third-order valence-electron chi connectivity index (χ3n) is 2.88. The largest absolute Gasteiger partial charge is 0.299 e. The molecular formula is C15H11F2NO2. The van der Waals surface area contributed by atoms with E-state index in [1.165, 1.54) is 31.3 Å². The van der Waals surface area contributed by atoms with Crippen LogP contribution in [-0.4, -0.2) is 16.6 Å². The van der Waals surface area contributed by atoms with Gasteiger partial charge in [-0.15, -0.1) is 0 Å². The van der Waals surface area contributed by atoms with Crippen molar-refractivity contribution >= 4 is 11.6 Å². The van der Waals surface area contributed by atoms with Gasteiger partial charge in [-0.05, 0) is 48.9 Å². The van der Waals surface area contributed by atoms with Crippen molar-refractivity contribution in [1.29, 1.82) is 0 Å². The molecule has 0 radical (unpaired) electrons. The molecule has 0 aliphatic heterocycles. The minimum atomic E-state index is -1.11. The summed E-state index contributed by atoms with van der Waals surface area (Å²) in [6, 6.07) is 7.33. The topological polar surface area (TPSA) is 47.0 Å². The monoisotopic (exact) mass is 275 g/mol. The molecule has 2 rings (SSSR count). The third-order valence-corrected chi connectivity index (χ3v) is 2.88. The fourth-order valence-electron chi connectivity index (χ4n) is 1.95. The Morgan fingerprint density at radius 1 is 1.10 bits per heavy atom. The van der Waals surface area contributed by atoms with Crippen molar-refractivity contribution in [3.63, 3.8) is 0 Å². The Morgan fingerprint density at radius 2 is 1.75 bits per heavy atom. The molecule has 0 bridgehead atoms. The predicted octanol–water partition coefficient (Wildman–Crippen LogP) is 2.92. The van der Waals surface area contributed by atoms with Gasteiger partial charge in [0, 0.05) is 11.8 Å². The SMILES string of the molecule is CC(=O)C(C(=O)c1ccc(F)cc1)c1ccnc(F)c1. The van der Waals surface area contributed by atoms with Gasteiger partial charge in [0.25, 0.3) is 0 Å². The molecule has 20 heavy (non-hydrogen) atoms.